The molecule has 0 bridgehead atoms. The SMILES string of the molecule is CC(C)(c1cccc(C(=O)O)n1)c1cccc(-c2[c-]nc(F)cc2F)n1.[Pt]. The normalized spacial score (nSPS) is 11.0. The summed E-state index contributed by atoms with van der Waals surface area (Å²) in [5.41, 5.74) is 0.428. The molecule has 0 aromatic carbocycles. The number of carboxylic acids is 1. The molecule has 3 aromatic rings. The molecule has 0 fully saturated rings. The molecule has 0 saturated carbocycles. The number of halogens is 2. The summed E-state index contributed by atoms with van der Waals surface area (Å²) in [6, 6.07) is 10.4. The van der Waals surface area contributed by atoms with E-state index in [-0.39, 0.29) is 38.0 Å². The molecular formula is C19H14F2N3O2Pt-. The number of rotatable bonds is 4. The first kappa shape index (κ1) is 20.8. The van der Waals surface area contributed by atoms with Crippen molar-refractivity contribution in [2.24, 2.45) is 0 Å². The first-order chi connectivity index (χ1) is 12.3. The number of hydrogen-bond acceptors (Lipinski definition) is 4. The monoisotopic (exact) mass is 549 g/mol. The van der Waals surface area contributed by atoms with E-state index in [2.05, 4.69) is 21.1 Å². The molecule has 0 saturated heterocycles. The molecule has 0 radical (unpaired) electrons. The Morgan fingerprint density at radius 2 is 1.70 bits per heavy atom. The van der Waals surface area contributed by atoms with Crippen LogP contribution in [-0.2, 0) is 26.5 Å². The summed E-state index contributed by atoms with van der Waals surface area (Å²) >= 11 is 0. The Labute approximate surface area is 168 Å². The van der Waals surface area contributed by atoms with Gasteiger partial charge in [-0.05, 0) is 43.9 Å². The van der Waals surface area contributed by atoms with Crippen molar-refractivity contribution in [1.29, 1.82) is 0 Å². The minimum atomic E-state index is -1.13. The van der Waals surface area contributed by atoms with E-state index in [9.17, 15) is 13.6 Å². The molecule has 0 atom stereocenters. The third-order valence-electron chi connectivity index (χ3n) is 4.01. The molecule has 3 rings (SSSR count). The zero-order valence-corrected chi connectivity index (χ0v) is 16.6. The summed E-state index contributed by atoms with van der Waals surface area (Å²) in [5, 5.41) is 9.13. The fraction of sp³-hybridized carbons (Fsp3) is 0.158. The molecule has 3 heterocycles. The predicted octanol–water partition coefficient (Wildman–Crippen LogP) is 3.64. The standard InChI is InChI=1S/C19H14F2N3O2.Pt/c1-19(2,16-8-4-6-14(24-16)18(25)26)15-7-3-5-13(23-15)11-10-22-17(21)9-12(11)20;/h3-9H,1-2H3,(H,25,26);/q-1;. The maximum absolute atomic E-state index is 14.0. The Hall–Kier alpha value is -2.53. The third kappa shape index (κ3) is 4.25. The van der Waals surface area contributed by atoms with Crippen LogP contribution in [0.3, 0.4) is 0 Å². The van der Waals surface area contributed by atoms with Crippen LogP contribution in [0.4, 0.5) is 8.78 Å². The third-order valence-corrected chi connectivity index (χ3v) is 4.01. The number of carbonyl (C=O) groups is 1. The zero-order valence-electron chi connectivity index (χ0n) is 14.3. The van der Waals surface area contributed by atoms with Gasteiger partial charge in [-0.3, -0.25) is 4.39 Å². The number of aromatic carboxylic acids is 1. The fourth-order valence-corrected chi connectivity index (χ4v) is 2.51. The van der Waals surface area contributed by atoms with Crippen LogP contribution in [0.1, 0.15) is 35.7 Å². The molecule has 142 valence electrons. The van der Waals surface area contributed by atoms with Crippen molar-refractivity contribution in [3.8, 4) is 11.3 Å². The maximum Gasteiger partial charge on any atom is 0.354 e. The van der Waals surface area contributed by atoms with Gasteiger partial charge in [-0.2, -0.15) is 0 Å². The Balaban J connectivity index is 0.00000261. The first-order valence-electron chi connectivity index (χ1n) is 7.71. The van der Waals surface area contributed by atoms with Crippen molar-refractivity contribution in [1.82, 2.24) is 15.0 Å². The van der Waals surface area contributed by atoms with Gasteiger partial charge in [-0.25, -0.2) is 14.2 Å². The second kappa shape index (κ2) is 8.01. The summed E-state index contributed by atoms with van der Waals surface area (Å²) in [4.78, 5) is 23.1. The van der Waals surface area contributed by atoms with E-state index in [1.54, 1.807) is 30.3 Å². The van der Waals surface area contributed by atoms with Gasteiger partial charge in [0.2, 0.25) is 0 Å². The summed E-state index contributed by atoms with van der Waals surface area (Å²) < 4.78 is 27.0. The molecule has 0 amide bonds. The van der Waals surface area contributed by atoms with Gasteiger partial charge >= 0.3 is 5.97 Å². The van der Waals surface area contributed by atoms with Crippen molar-refractivity contribution in [3.05, 3.63) is 77.5 Å². The molecule has 0 aliphatic rings. The molecule has 5 nitrogen and oxygen atoms in total. The quantitative estimate of drug-likeness (QED) is 0.398. The number of aromatic nitrogens is 3. The average molecular weight is 549 g/mol. The van der Waals surface area contributed by atoms with Crippen LogP contribution in [-0.4, -0.2) is 26.0 Å². The van der Waals surface area contributed by atoms with Crippen LogP contribution in [0, 0.1) is 18.0 Å². The van der Waals surface area contributed by atoms with E-state index in [4.69, 9.17) is 5.11 Å². The van der Waals surface area contributed by atoms with Crippen molar-refractivity contribution in [2.45, 2.75) is 19.3 Å². The Kier molecular flexibility index (Phi) is 6.16. The molecule has 1 N–H and O–H groups in total. The van der Waals surface area contributed by atoms with Gasteiger partial charge in [0.05, 0.1) is 5.69 Å². The summed E-state index contributed by atoms with van der Waals surface area (Å²) in [6.07, 6.45) is 2.31. The topological polar surface area (TPSA) is 76.0 Å². The first-order valence-corrected chi connectivity index (χ1v) is 7.71. The Morgan fingerprint density at radius 1 is 1.07 bits per heavy atom. The molecule has 8 heteroatoms. The summed E-state index contributed by atoms with van der Waals surface area (Å²) in [7, 11) is 0. The molecule has 0 aliphatic heterocycles. The van der Waals surface area contributed by atoms with E-state index < -0.39 is 23.1 Å². The molecule has 0 aliphatic carbocycles. The Bertz CT molecular complexity index is 996. The van der Waals surface area contributed by atoms with Crippen LogP contribution in [0.2, 0.25) is 0 Å². The van der Waals surface area contributed by atoms with E-state index in [1.165, 1.54) is 6.07 Å². The van der Waals surface area contributed by atoms with Crippen LogP contribution >= 0.6 is 0 Å². The number of carboxylic acid groups (broad SMARTS) is 1. The molecule has 3 aromatic heterocycles. The van der Waals surface area contributed by atoms with Gasteiger partial charge in [0.15, 0.2) is 0 Å². The van der Waals surface area contributed by atoms with Crippen LogP contribution < -0.4 is 0 Å². The molecule has 27 heavy (non-hydrogen) atoms. The van der Waals surface area contributed by atoms with Gasteiger partial charge in [0.25, 0.3) is 0 Å². The second-order valence-electron chi connectivity index (χ2n) is 6.16. The average Bonchev–Trinajstić information content (AvgIpc) is 2.62. The largest absolute Gasteiger partial charge is 0.477 e. The van der Waals surface area contributed by atoms with Gasteiger partial charge in [-0.1, -0.05) is 29.8 Å². The van der Waals surface area contributed by atoms with Crippen molar-refractivity contribution >= 4 is 5.97 Å². The van der Waals surface area contributed by atoms with Crippen LogP contribution in [0.15, 0.2) is 42.5 Å². The van der Waals surface area contributed by atoms with Crippen LogP contribution in [0.5, 0.6) is 0 Å². The van der Waals surface area contributed by atoms with Gasteiger partial charge in [-0.15, -0.1) is 0 Å². The Morgan fingerprint density at radius 3 is 2.33 bits per heavy atom. The fourth-order valence-electron chi connectivity index (χ4n) is 2.51. The van der Waals surface area contributed by atoms with Crippen molar-refractivity contribution in [3.63, 3.8) is 0 Å². The van der Waals surface area contributed by atoms with Crippen molar-refractivity contribution in [2.75, 3.05) is 0 Å². The minimum absolute atomic E-state index is 0. The molecule has 0 spiro atoms. The van der Waals surface area contributed by atoms with Crippen LogP contribution in [0.25, 0.3) is 11.3 Å². The molecular weight excluding hydrogens is 535 g/mol. The number of hydrogen-bond donors (Lipinski definition) is 1. The van der Waals surface area contributed by atoms with Crippen molar-refractivity contribution < 1.29 is 39.7 Å². The van der Waals surface area contributed by atoms with E-state index in [1.807, 2.05) is 13.8 Å². The van der Waals surface area contributed by atoms with E-state index >= 15 is 0 Å². The zero-order chi connectivity index (χ0) is 18.9. The minimum Gasteiger partial charge on any atom is -0.477 e. The summed E-state index contributed by atoms with van der Waals surface area (Å²) in [6.45, 7) is 3.66. The predicted molar refractivity (Wildman–Crippen MR) is 89.5 cm³/mol. The summed E-state index contributed by atoms with van der Waals surface area (Å²) in [5.74, 6) is -2.90. The van der Waals surface area contributed by atoms with Gasteiger partial charge in [0.1, 0.15) is 11.6 Å². The second-order valence-corrected chi connectivity index (χ2v) is 6.16. The maximum atomic E-state index is 14.0. The van der Waals surface area contributed by atoms with E-state index in [0.717, 1.165) is 0 Å². The molecule has 0 unspecified atom stereocenters. The van der Waals surface area contributed by atoms with E-state index in [0.29, 0.717) is 17.5 Å². The van der Waals surface area contributed by atoms with Gasteiger partial charge < -0.3 is 15.1 Å². The number of nitrogens with zero attached hydrogens (tertiary/aromatic N) is 3. The van der Waals surface area contributed by atoms with Gasteiger partial charge in [0, 0.05) is 38.0 Å². The smallest absolute Gasteiger partial charge is 0.354 e. The number of pyridine rings is 3.